The SMILES string of the molecule is CCCOC1(CI)CCC(C(C)C)CC1. The molecule has 0 unspecified atom stereocenters. The zero-order valence-corrected chi connectivity index (χ0v) is 12.5. The van der Waals surface area contributed by atoms with Gasteiger partial charge in [0, 0.05) is 11.0 Å². The predicted octanol–water partition coefficient (Wildman–Crippen LogP) is 4.43. The number of halogens is 1. The van der Waals surface area contributed by atoms with Crippen LogP contribution in [0, 0.1) is 11.8 Å². The first-order valence-electron chi connectivity index (χ1n) is 6.33. The van der Waals surface area contributed by atoms with Crippen LogP contribution >= 0.6 is 22.6 Å². The molecule has 90 valence electrons. The third kappa shape index (κ3) is 3.88. The minimum absolute atomic E-state index is 0.224. The minimum Gasteiger partial charge on any atom is -0.374 e. The topological polar surface area (TPSA) is 9.23 Å². The molecular formula is C13H25IO. The summed E-state index contributed by atoms with van der Waals surface area (Å²) in [6.07, 6.45) is 6.43. The fraction of sp³-hybridized carbons (Fsp3) is 1.00. The van der Waals surface area contributed by atoms with Crippen molar-refractivity contribution >= 4 is 22.6 Å². The highest BCUT2D eigenvalue weighted by Gasteiger charge is 2.35. The molecular weight excluding hydrogens is 299 g/mol. The van der Waals surface area contributed by atoms with Crippen LogP contribution in [0.15, 0.2) is 0 Å². The third-order valence-corrected chi connectivity index (χ3v) is 5.13. The largest absolute Gasteiger partial charge is 0.374 e. The van der Waals surface area contributed by atoms with E-state index in [9.17, 15) is 0 Å². The van der Waals surface area contributed by atoms with Crippen molar-refractivity contribution in [3.63, 3.8) is 0 Å². The molecule has 2 heteroatoms. The average molecular weight is 324 g/mol. The van der Waals surface area contributed by atoms with Gasteiger partial charge in [0.25, 0.3) is 0 Å². The highest BCUT2D eigenvalue weighted by Crippen LogP contribution is 2.39. The molecule has 0 spiro atoms. The molecule has 0 radical (unpaired) electrons. The summed E-state index contributed by atoms with van der Waals surface area (Å²) in [5.41, 5.74) is 0.224. The van der Waals surface area contributed by atoms with Gasteiger partial charge in [-0.15, -0.1) is 0 Å². The highest BCUT2D eigenvalue weighted by molar-refractivity contribution is 14.1. The Morgan fingerprint density at radius 2 is 1.93 bits per heavy atom. The molecule has 1 rings (SSSR count). The van der Waals surface area contributed by atoms with Gasteiger partial charge in [-0.3, -0.25) is 0 Å². The van der Waals surface area contributed by atoms with Crippen LogP contribution in [0.2, 0.25) is 0 Å². The Kier molecular flexibility index (Phi) is 5.90. The van der Waals surface area contributed by atoms with E-state index in [2.05, 4.69) is 43.4 Å². The molecule has 1 aliphatic carbocycles. The van der Waals surface area contributed by atoms with Gasteiger partial charge in [-0.05, 0) is 43.9 Å². The molecule has 0 saturated heterocycles. The van der Waals surface area contributed by atoms with Crippen molar-refractivity contribution in [3.05, 3.63) is 0 Å². The van der Waals surface area contributed by atoms with E-state index in [0.29, 0.717) is 0 Å². The van der Waals surface area contributed by atoms with E-state index >= 15 is 0 Å². The fourth-order valence-corrected chi connectivity index (χ4v) is 3.45. The molecule has 1 nitrogen and oxygen atoms in total. The van der Waals surface area contributed by atoms with Crippen molar-refractivity contribution in [1.29, 1.82) is 0 Å². The van der Waals surface area contributed by atoms with Crippen LogP contribution in [0.25, 0.3) is 0 Å². The van der Waals surface area contributed by atoms with E-state index in [-0.39, 0.29) is 5.60 Å². The van der Waals surface area contributed by atoms with Gasteiger partial charge in [0.1, 0.15) is 0 Å². The Morgan fingerprint density at radius 3 is 2.33 bits per heavy atom. The van der Waals surface area contributed by atoms with E-state index in [4.69, 9.17) is 4.74 Å². The maximum atomic E-state index is 6.09. The maximum Gasteiger partial charge on any atom is 0.0771 e. The van der Waals surface area contributed by atoms with Crippen LogP contribution in [0.3, 0.4) is 0 Å². The zero-order valence-electron chi connectivity index (χ0n) is 10.4. The second kappa shape index (κ2) is 6.43. The second-order valence-electron chi connectivity index (χ2n) is 5.25. The monoisotopic (exact) mass is 324 g/mol. The maximum absolute atomic E-state index is 6.09. The van der Waals surface area contributed by atoms with Crippen LogP contribution in [0.1, 0.15) is 52.9 Å². The lowest BCUT2D eigenvalue weighted by Gasteiger charge is -2.40. The van der Waals surface area contributed by atoms with E-state index in [1.54, 1.807) is 0 Å². The lowest BCUT2D eigenvalue weighted by atomic mass is 9.75. The quantitative estimate of drug-likeness (QED) is 0.537. The van der Waals surface area contributed by atoms with Crippen molar-refractivity contribution in [2.45, 2.75) is 58.5 Å². The second-order valence-corrected chi connectivity index (χ2v) is 6.01. The molecule has 0 heterocycles. The first-order valence-corrected chi connectivity index (χ1v) is 7.86. The summed E-state index contributed by atoms with van der Waals surface area (Å²) in [5, 5.41) is 0. The normalized spacial score (nSPS) is 32.2. The van der Waals surface area contributed by atoms with E-state index in [1.165, 1.54) is 25.7 Å². The lowest BCUT2D eigenvalue weighted by molar-refractivity contribution is -0.0618. The summed E-state index contributed by atoms with van der Waals surface area (Å²) < 4.78 is 7.25. The van der Waals surface area contributed by atoms with Gasteiger partial charge in [0.2, 0.25) is 0 Å². The van der Waals surface area contributed by atoms with Gasteiger partial charge < -0.3 is 4.74 Å². The Bertz CT molecular complexity index is 171. The van der Waals surface area contributed by atoms with E-state index < -0.39 is 0 Å². The van der Waals surface area contributed by atoms with Crippen molar-refractivity contribution in [3.8, 4) is 0 Å². The predicted molar refractivity (Wildman–Crippen MR) is 74.7 cm³/mol. The molecule has 1 fully saturated rings. The first-order chi connectivity index (χ1) is 7.13. The summed E-state index contributed by atoms with van der Waals surface area (Å²) in [4.78, 5) is 0. The summed E-state index contributed by atoms with van der Waals surface area (Å²) in [7, 11) is 0. The molecule has 0 aromatic carbocycles. The van der Waals surface area contributed by atoms with Crippen LogP contribution in [-0.4, -0.2) is 16.6 Å². The molecule has 0 aromatic rings. The van der Waals surface area contributed by atoms with Crippen LogP contribution in [-0.2, 0) is 4.74 Å². The first kappa shape index (κ1) is 13.8. The van der Waals surface area contributed by atoms with Gasteiger partial charge >= 0.3 is 0 Å². The fourth-order valence-electron chi connectivity index (χ4n) is 2.47. The standard InChI is InChI=1S/C13H25IO/c1-4-9-15-13(10-14)7-5-12(6-8-13)11(2)3/h11-12H,4-10H2,1-3H3. The number of ether oxygens (including phenoxy) is 1. The summed E-state index contributed by atoms with van der Waals surface area (Å²) in [6.45, 7) is 7.85. The van der Waals surface area contributed by atoms with Crippen molar-refractivity contribution in [1.82, 2.24) is 0 Å². The summed E-state index contributed by atoms with van der Waals surface area (Å²) >= 11 is 2.50. The van der Waals surface area contributed by atoms with E-state index in [1.807, 2.05) is 0 Å². The van der Waals surface area contributed by atoms with Crippen molar-refractivity contribution in [2.75, 3.05) is 11.0 Å². The van der Waals surface area contributed by atoms with Gasteiger partial charge in [-0.1, -0.05) is 43.4 Å². The molecule has 1 saturated carbocycles. The molecule has 1 aliphatic rings. The zero-order chi connectivity index (χ0) is 11.3. The lowest BCUT2D eigenvalue weighted by Crippen LogP contribution is -2.40. The number of rotatable bonds is 5. The molecule has 0 amide bonds. The molecule has 0 aromatic heterocycles. The number of hydrogen-bond donors (Lipinski definition) is 0. The Morgan fingerprint density at radius 1 is 1.33 bits per heavy atom. The highest BCUT2D eigenvalue weighted by atomic mass is 127. The molecule has 0 N–H and O–H groups in total. The molecule has 0 bridgehead atoms. The molecule has 0 atom stereocenters. The Labute approximate surface area is 108 Å². The number of alkyl halides is 1. The average Bonchev–Trinajstić information content (AvgIpc) is 2.27. The Hall–Kier alpha value is 0.690. The van der Waals surface area contributed by atoms with Gasteiger partial charge in [0.05, 0.1) is 5.60 Å². The van der Waals surface area contributed by atoms with Crippen molar-refractivity contribution < 1.29 is 4.74 Å². The Balaban J connectivity index is 2.43. The number of hydrogen-bond acceptors (Lipinski definition) is 1. The smallest absolute Gasteiger partial charge is 0.0771 e. The van der Waals surface area contributed by atoms with Crippen molar-refractivity contribution in [2.24, 2.45) is 11.8 Å². The van der Waals surface area contributed by atoms with Gasteiger partial charge in [-0.2, -0.15) is 0 Å². The molecule has 0 aliphatic heterocycles. The summed E-state index contributed by atoms with van der Waals surface area (Å²) in [6, 6.07) is 0. The van der Waals surface area contributed by atoms with E-state index in [0.717, 1.165) is 29.3 Å². The summed E-state index contributed by atoms with van der Waals surface area (Å²) in [5.74, 6) is 1.79. The van der Waals surface area contributed by atoms with Crippen LogP contribution in [0.4, 0.5) is 0 Å². The van der Waals surface area contributed by atoms with Gasteiger partial charge in [0.15, 0.2) is 0 Å². The van der Waals surface area contributed by atoms with Crippen LogP contribution in [0.5, 0.6) is 0 Å². The van der Waals surface area contributed by atoms with Crippen LogP contribution < -0.4 is 0 Å². The minimum atomic E-state index is 0.224. The molecule has 15 heavy (non-hydrogen) atoms. The third-order valence-electron chi connectivity index (χ3n) is 3.74. The van der Waals surface area contributed by atoms with Gasteiger partial charge in [-0.25, -0.2) is 0 Å².